The molecule has 0 aromatic carbocycles. The van der Waals surface area contributed by atoms with Gasteiger partial charge < -0.3 is 4.90 Å². The Balaban J connectivity index is 2.56. The zero-order valence-corrected chi connectivity index (χ0v) is 11.9. The Morgan fingerprint density at radius 1 is 1.44 bits per heavy atom. The standard InChI is InChI=1S/C13H25NOS/c1-5-13(6-2,16-4)10-14-8-7-12(15)11(3)9-14/h11H,5-10H2,1-4H3. The average molecular weight is 243 g/mol. The molecule has 2 nitrogen and oxygen atoms in total. The molecule has 0 spiro atoms. The SMILES string of the molecule is CCC(CC)(CN1CCC(=O)C(C)C1)SC. The molecule has 0 aromatic heterocycles. The molecule has 0 amide bonds. The molecule has 3 heteroatoms. The largest absolute Gasteiger partial charge is 0.301 e. The summed E-state index contributed by atoms with van der Waals surface area (Å²) in [6.07, 6.45) is 5.39. The second-order valence-electron chi connectivity index (χ2n) is 4.95. The molecule has 0 aromatic rings. The Kier molecular flexibility index (Phi) is 5.32. The number of hydrogen-bond donors (Lipinski definition) is 0. The van der Waals surface area contributed by atoms with E-state index in [1.54, 1.807) is 0 Å². The van der Waals surface area contributed by atoms with Crippen LogP contribution in [-0.2, 0) is 4.79 Å². The van der Waals surface area contributed by atoms with Crippen LogP contribution < -0.4 is 0 Å². The van der Waals surface area contributed by atoms with E-state index in [9.17, 15) is 4.79 Å². The number of piperidine rings is 1. The van der Waals surface area contributed by atoms with Crippen LogP contribution >= 0.6 is 11.8 Å². The van der Waals surface area contributed by atoms with Crippen molar-refractivity contribution in [2.75, 3.05) is 25.9 Å². The fourth-order valence-corrected chi connectivity index (χ4v) is 3.36. The van der Waals surface area contributed by atoms with Gasteiger partial charge >= 0.3 is 0 Å². The minimum absolute atomic E-state index is 0.238. The summed E-state index contributed by atoms with van der Waals surface area (Å²) >= 11 is 1.99. The van der Waals surface area contributed by atoms with Crippen LogP contribution in [0.5, 0.6) is 0 Å². The van der Waals surface area contributed by atoms with Gasteiger partial charge in [-0.05, 0) is 19.1 Å². The first-order chi connectivity index (χ1) is 7.56. The molecule has 94 valence electrons. The Hall–Kier alpha value is -0.0200. The van der Waals surface area contributed by atoms with Crippen LogP contribution in [0.2, 0.25) is 0 Å². The summed E-state index contributed by atoms with van der Waals surface area (Å²) in [5.74, 6) is 0.681. The fraction of sp³-hybridized carbons (Fsp3) is 0.923. The second-order valence-corrected chi connectivity index (χ2v) is 6.22. The molecule has 1 fully saturated rings. The molecular formula is C13H25NOS. The maximum absolute atomic E-state index is 11.5. The maximum Gasteiger partial charge on any atom is 0.138 e. The maximum atomic E-state index is 11.5. The van der Waals surface area contributed by atoms with Crippen LogP contribution in [-0.4, -0.2) is 41.3 Å². The number of ketones is 1. The Morgan fingerprint density at radius 3 is 2.50 bits per heavy atom. The molecule has 1 rings (SSSR count). The lowest BCUT2D eigenvalue weighted by Crippen LogP contribution is -2.46. The van der Waals surface area contributed by atoms with Gasteiger partial charge in [0, 0.05) is 36.7 Å². The summed E-state index contributed by atoms with van der Waals surface area (Å²) in [5, 5.41) is 0. The van der Waals surface area contributed by atoms with Gasteiger partial charge in [0.1, 0.15) is 5.78 Å². The van der Waals surface area contributed by atoms with Crippen molar-refractivity contribution in [2.24, 2.45) is 5.92 Å². The molecule has 1 aliphatic rings. The first-order valence-electron chi connectivity index (χ1n) is 6.37. The van der Waals surface area contributed by atoms with E-state index in [0.29, 0.717) is 10.5 Å². The van der Waals surface area contributed by atoms with E-state index in [1.165, 1.54) is 12.8 Å². The molecule has 1 unspecified atom stereocenters. The summed E-state index contributed by atoms with van der Waals surface area (Å²) in [7, 11) is 0. The van der Waals surface area contributed by atoms with Crippen LogP contribution in [0.15, 0.2) is 0 Å². The van der Waals surface area contributed by atoms with Crippen LogP contribution in [0.3, 0.4) is 0 Å². The van der Waals surface area contributed by atoms with Crippen molar-refractivity contribution in [1.29, 1.82) is 0 Å². The van der Waals surface area contributed by atoms with Gasteiger partial charge in [-0.1, -0.05) is 20.8 Å². The van der Waals surface area contributed by atoms with Crippen molar-refractivity contribution >= 4 is 17.5 Å². The summed E-state index contributed by atoms with van der Waals surface area (Å²) in [5.41, 5.74) is 0. The molecule has 0 bridgehead atoms. The topological polar surface area (TPSA) is 20.3 Å². The summed E-state index contributed by atoms with van der Waals surface area (Å²) < 4.78 is 0.389. The van der Waals surface area contributed by atoms with Gasteiger partial charge in [0.2, 0.25) is 0 Å². The molecular weight excluding hydrogens is 218 g/mol. The predicted octanol–water partition coefficient (Wildman–Crippen LogP) is 2.82. The summed E-state index contributed by atoms with van der Waals surface area (Å²) in [6, 6.07) is 0. The molecule has 0 aliphatic carbocycles. The number of thioether (sulfide) groups is 1. The molecule has 16 heavy (non-hydrogen) atoms. The van der Waals surface area contributed by atoms with Crippen LogP contribution in [0, 0.1) is 5.92 Å². The van der Waals surface area contributed by atoms with Gasteiger partial charge in [0.15, 0.2) is 0 Å². The van der Waals surface area contributed by atoms with Crippen molar-refractivity contribution in [1.82, 2.24) is 4.90 Å². The number of Topliss-reactive ketones (excluding diaryl/α,β-unsaturated/α-hetero) is 1. The highest BCUT2D eigenvalue weighted by atomic mass is 32.2. The number of carbonyl (C=O) groups excluding carboxylic acids is 1. The molecule has 0 saturated carbocycles. The quantitative estimate of drug-likeness (QED) is 0.740. The number of nitrogens with zero attached hydrogens (tertiary/aromatic N) is 1. The van der Waals surface area contributed by atoms with E-state index < -0.39 is 0 Å². The molecule has 0 N–H and O–H groups in total. The van der Waals surface area contributed by atoms with Crippen molar-refractivity contribution in [3.05, 3.63) is 0 Å². The van der Waals surface area contributed by atoms with Gasteiger partial charge in [0.25, 0.3) is 0 Å². The van der Waals surface area contributed by atoms with Gasteiger partial charge in [-0.2, -0.15) is 11.8 Å². The Labute approximate surface area is 104 Å². The number of rotatable bonds is 5. The van der Waals surface area contributed by atoms with E-state index in [0.717, 1.165) is 26.1 Å². The van der Waals surface area contributed by atoms with Crippen LogP contribution in [0.1, 0.15) is 40.0 Å². The highest BCUT2D eigenvalue weighted by molar-refractivity contribution is 8.00. The minimum Gasteiger partial charge on any atom is -0.301 e. The van der Waals surface area contributed by atoms with Crippen molar-refractivity contribution in [3.8, 4) is 0 Å². The first-order valence-corrected chi connectivity index (χ1v) is 7.59. The van der Waals surface area contributed by atoms with E-state index in [2.05, 4.69) is 31.9 Å². The van der Waals surface area contributed by atoms with Crippen molar-refractivity contribution < 1.29 is 4.79 Å². The minimum atomic E-state index is 0.238. The van der Waals surface area contributed by atoms with E-state index in [1.807, 2.05) is 11.8 Å². The van der Waals surface area contributed by atoms with E-state index >= 15 is 0 Å². The first kappa shape index (κ1) is 14.0. The van der Waals surface area contributed by atoms with Crippen LogP contribution in [0.25, 0.3) is 0 Å². The van der Waals surface area contributed by atoms with Gasteiger partial charge in [-0.3, -0.25) is 4.79 Å². The zero-order chi connectivity index (χ0) is 12.2. The number of likely N-dealkylation sites (tertiary alicyclic amines) is 1. The van der Waals surface area contributed by atoms with Gasteiger partial charge in [-0.15, -0.1) is 0 Å². The fourth-order valence-electron chi connectivity index (χ4n) is 2.47. The van der Waals surface area contributed by atoms with Gasteiger partial charge in [-0.25, -0.2) is 0 Å². The summed E-state index contributed by atoms with van der Waals surface area (Å²) in [4.78, 5) is 14.0. The molecule has 1 aliphatic heterocycles. The Morgan fingerprint density at radius 2 is 2.06 bits per heavy atom. The highest BCUT2D eigenvalue weighted by Crippen LogP contribution is 2.32. The normalized spacial score (nSPS) is 23.8. The third-order valence-corrected chi connectivity index (χ3v) is 5.56. The third kappa shape index (κ3) is 3.24. The highest BCUT2D eigenvalue weighted by Gasteiger charge is 2.31. The number of carbonyl (C=O) groups is 1. The molecule has 0 radical (unpaired) electrons. The predicted molar refractivity (Wildman–Crippen MR) is 72.1 cm³/mol. The monoisotopic (exact) mass is 243 g/mol. The van der Waals surface area contributed by atoms with E-state index in [4.69, 9.17) is 0 Å². The lowest BCUT2D eigenvalue weighted by Gasteiger charge is -2.38. The third-order valence-electron chi connectivity index (χ3n) is 3.99. The smallest absolute Gasteiger partial charge is 0.138 e. The lowest BCUT2D eigenvalue weighted by molar-refractivity contribution is -0.125. The van der Waals surface area contributed by atoms with E-state index in [-0.39, 0.29) is 5.92 Å². The van der Waals surface area contributed by atoms with Crippen molar-refractivity contribution in [3.63, 3.8) is 0 Å². The second kappa shape index (κ2) is 6.06. The average Bonchev–Trinajstić information content (AvgIpc) is 2.31. The molecule has 1 saturated heterocycles. The van der Waals surface area contributed by atoms with Gasteiger partial charge in [0.05, 0.1) is 0 Å². The Bertz CT molecular complexity index is 230. The molecule has 1 atom stereocenters. The zero-order valence-electron chi connectivity index (χ0n) is 11.1. The number of hydrogen-bond acceptors (Lipinski definition) is 3. The molecule has 1 heterocycles. The summed E-state index contributed by atoms with van der Waals surface area (Å²) in [6.45, 7) is 9.68. The van der Waals surface area contributed by atoms with Crippen molar-refractivity contribution in [2.45, 2.75) is 44.8 Å². The van der Waals surface area contributed by atoms with Crippen LogP contribution in [0.4, 0.5) is 0 Å². The lowest BCUT2D eigenvalue weighted by atomic mass is 9.95.